The van der Waals surface area contributed by atoms with Crippen molar-refractivity contribution in [3.8, 4) is 0 Å². The molecule has 0 atom stereocenters. The molecular formula is C20H21N3O4S. The van der Waals surface area contributed by atoms with Crippen LogP contribution in [0.2, 0.25) is 0 Å². The molecule has 2 heterocycles. The Morgan fingerprint density at radius 2 is 2.00 bits per heavy atom. The first-order valence-corrected chi connectivity index (χ1v) is 10.9. The summed E-state index contributed by atoms with van der Waals surface area (Å²) in [6.45, 7) is 4.42. The van der Waals surface area contributed by atoms with E-state index in [0.29, 0.717) is 46.9 Å². The Balaban J connectivity index is 1.57. The van der Waals surface area contributed by atoms with Crippen LogP contribution < -0.4 is 9.62 Å². The fourth-order valence-electron chi connectivity index (χ4n) is 3.33. The summed E-state index contributed by atoms with van der Waals surface area (Å²) in [5, 5.41) is 2.87. The molecule has 0 saturated carbocycles. The number of amides is 1. The summed E-state index contributed by atoms with van der Waals surface area (Å²) >= 11 is 0. The number of hydrogen-bond acceptors (Lipinski definition) is 5. The number of hydrogen-bond donors (Lipinski definition) is 1. The minimum atomic E-state index is -3.31. The molecule has 1 aliphatic heterocycles. The number of oxazole rings is 1. The van der Waals surface area contributed by atoms with Gasteiger partial charge in [-0.3, -0.25) is 9.10 Å². The van der Waals surface area contributed by atoms with E-state index in [4.69, 9.17) is 4.42 Å². The maximum Gasteiger partial charge on any atom is 0.255 e. The van der Waals surface area contributed by atoms with Crippen molar-refractivity contribution >= 4 is 38.4 Å². The lowest BCUT2D eigenvalue weighted by Crippen LogP contribution is -2.27. The smallest absolute Gasteiger partial charge is 0.255 e. The first kappa shape index (κ1) is 18.5. The Labute approximate surface area is 163 Å². The van der Waals surface area contributed by atoms with Gasteiger partial charge in [-0.05, 0) is 48.4 Å². The van der Waals surface area contributed by atoms with Gasteiger partial charge in [-0.25, -0.2) is 13.4 Å². The van der Waals surface area contributed by atoms with E-state index < -0.39 is 10.0 Å². The highest BCUT2D eigenvalue weighted by Gasteiger charge is 2.26. The average molecular weight is 399 g/mol. The van der Waals surface area contributed by atoms with E-state index in [-0.39, 0.29) is 11.8 Å². The van der Waals surface area contributed by atoms with Crippen LogP contribution in [0, 0.1) is 0 Å². The van der Waals surface area contributed by atoms with Gasteiger partial charge in [0.1, 0.15) is 5.52 Å². The first-order valence-electron chi connectivity index (χ1n) is 9.05. The summed E-state index contributed by atoms with van der Waals surface area (Å²) in [4.78, 5) is 17.1. The zero-order chi connectivity index (χ0) is 20.1. The highest BCUT2D eigenvalue weighted by Crippen LogP contribution is 2.31. The molecule has 1 N–H and O–H groups in total. The van der Waals surface area contributed by atoms with Gasteiger partial charge in [-0.2, -0.15) is 0 Å². The van der Waals surface area contributed by atoms with Crippen molar-refractivity contribution in [2.75, 3.05) is 22.4 Å². The van der Waals surface area contributed by atoms with Crippen LogP contribution in [0.1, 0.15) is 41.6 Å². The van der Waals surface area contributed by atoms with Gasteiger partial charge in [-0.1, -0.05) is 13.8 Å². The molecule has 0 radical (unpaired) electrons. The Morgan fingerprint density at radius 3 is 2.71 bits per heavy atom. The number of benzene rings is 2. The normalized spacial score (nSPS) is 13.9. The summed E-state index contributed by atoms with van der Waals surface area (Å²) in [6, 6.07) is 10.4. The second-order valence-corrected chi connectivity index (χ2v) is 9.18. The third-order valence-electron chi connectivity index (χ3n) is 4.75. The summed E-state index contributed by atoms with van der Waals surface area (Å²) < 4.78 is 30.7. The molecule has 1 aliphatic rings. The van der Waals surface area contributed by atoms with E-state index in [1.54, 1.807) is 36.4 Å². The van der Waals surface area contributed by atoms with Crippen LogP contribution in [-0.2, 0) is 16.4 Å². The first-order chi connectivity index (χ1) is 13.2. The van der Waals surface area contributed by atoms with Crippen LogP contribution in [0.4, 0.5) is 11.4 Å². The summed E-state index contributed by atoms with van der Waals surface area (Å²) in [7, 11) is -3.31. The fourth-order valence-corrected chi connectivity index (χ4v) is 4.29. The second kappa shape index (κ2) is 6.63. The lowest BCUT2D eigenvalue weighted by Gasteiger charge is -2.16. The van der Waals surface area contributed by atoms with Gasteiger partial charge in [-0.15, -0.1) is 0 Å². The summed E-state index contributed by atoms with van der Waals surface area (Å²) in [6.07, 6.45) is 1.78. The molecule has 2 aromatic carbocycles. The molecule has 146 valence electrons. The van der Waals surface area contributed by atoms with Crippen LogP contribution in [0.3, 0.4) is 0 Å². The number of sulfonamides is 1. The zero-order valence-corrected chi connectivity index (χ0v) is 16.7. The number of anilines is 2. The minimum Gasteiger partial charge on any atom is -0.440 e. The van der Waals surface area contributed by atoms with Crippen molar-refractivity contribution in [1.82, 2.24) is 4.98 Å². The molecule has 0 unspecified atom stereocenters. The highest BCUT2D eigenvalue weighted by atomic mass is 32.2. The quantitative estimate of drug-likeness (QED) is 0.725. The van der Waals surface area contributed by atoms with Crippen molar-refractivity contribution in [2.45, 2.75) is 26.2 Å². The van der Waals surface area contributed by atoms with Crippen LogP contribution >= 0.6 is 0 Å². The monoisotopic (exact) mass is 399 g/mol. The molecule has 0 fully saturated rings. The van der Waals surface area contributed by atoms with Crippen LogP contribution in [0.25, 0.3) is 11.1 Å². The Bertz CT molecular complexity index is 1180. The molecule has 1 aromatic heterocycles. The number of carbonyl (C=O) groups excluding carboxylic acids is 1. The van der Waals surface area contributed by atoms with Crippen molar-refractivity contribution in [1.29, 1.82) is 0 Å². The topological polar surface area (TPSA) is 92.5 Å². The molecule has 3 aromatic rings. The molecule has 0 aliphatic carbocycles. The number of fused-ring (bicyclic) bond motifs is 2. The fraction of sp³-hybridized carbons (Fsp3) is 0.300. The van der Waals surface area contributed by atoms with Crippen LogP contribution in [-0.4, -0.2) is 32.1 Å². The van der Waals surface area contributed by atoms with E-state index in [1.807, 2.05) is 13.8 Å². The molecule has 4 rings (SSSR count). The maximum atomic E-state index is 12.7. The number of rotatable bonds is 4. The molecule has 1 amide bonds. The predicted octanol–water partition coefficient (Wildman–Crippen LogP) is 3.53. The second-order valence-electron chi connectivity index (χ2n) is 7.27. The molecule has 0 saturated heterocycles. The molecule has 7 nitrogen and oxygen atoms in total. The molecule has 28 heavy (non-hydrogen) atoms. The van der Waals surface area contributed by atoms with E-state index in [1.165, 1.54) is 10.6 Å². The van der Waals surface area contributed by atoms with Gasteiger partial charge in [0.05, 0.1) is 11.9 Å². The standard InChI is InChI=1S/C20H21N3O4S/c1-12(2)20-22-16-11-15(5-7-18(16)27-20)21-19(24)14-4-6-17-13(10-14)8-9-23(17)28(3,25)26/h4-7,10-12H,8-9H2,1-3H3,(H,21,24). The summed E-state index contributed by atoms with van der Waals surface area (Å²) in [5.41, 5.74) is 3.98. The third-order valence-corrected chi connectivity index (χ3v) is 5.93. The Morgan fingerprint density at radius 1 is 1.21 bits per heavy atom. The third kappa shape index (κ3) is 3.35. The predicted molar refractivity (Wildman–Crippen MR) is 108 cm³/mol. The highest BCUT2D eigenvalue weighted by molar-refractivity contribution is 7.92. The van der Waals surface area contributed by atoms with Gasteiger partial charge >= 0.3 is 0 Å². The average Bonchev–Trinajstić information content (AvgIpc) is 3.24. The van der Waals surface area contributed by atoms with Gasteiger partial charge in [0, 0.05) is 23.7 Å². The lowest BCUT2D eigenvalue weighted by atomic mass is 10.1. The van der Waals surface area contributed by atoms with Crippen LogP contribution in [0.15, 0.2) is 40.8 Å². The van der Waals surface area contributed by atoms with Crippen molar-refractivity contribution < 1.29 is 17.6 Å². The molecule has 8 heteroatoms. The van der Waals surface area contributed by atoms with Gasteiger partial charge in [0.2, 0.25) is 10.0 Å². The molecular weight excluding hydrogens is 378 g/mol. The summed E-state index contributed by atoms with van der Waals surface area (Å²) in [5.74, 6) is 0.586. The van der Waals surface area contributed by atoms with Crippen molar-refractivity contribution in [2.24, 2.45) is 0 Å². The van der Waals surface area contributed by atoms with E-state index in [2.05, 4.69) is 10.3 Å². The molecule has 0 bridgehead atoms. The SMILES string of the molecule is CC(C)c1nc2cc(NC(=O)c3ccc4c(c3)CCN4S(C)(=O)=O)ccc2o1. The zero-order valence-electron chi connectivity index (χ0n) is 15.9. The van der Waals surface area contributed by atoms with Crippen LogP contribution in [0.5, 0.6) is 0 Å². The van der Waals surface area contributed by atoms with Crippen molar-refractivity contribution in [3.05, 3.63) is 53.4 Å². The van der Waals surface area contributed by atoms with E-state index in [9.17, 15) is 13.2 Å². The van der Waals surface area contributed by atoms with E-state index >= 15 is 0 Å². The number of carbonyl (C=O) groups is 1. The van der Waals surface area contributed by atoms with Crippen molar-refractivity contribution in [3.63, 3.8) is 0 Å². The number of nitrogens with zero attached hydrogens (tertiary/aromatic N) is 2. The molecule has 0 spiro atoms. The number of aromatic nitrogens is 1. The number of nitrogens with one attached hydrogen (secondary N) is 1. The van der Waals surface area contributed by atoms with Gasteiger partial charge in [0.15, 0.2) is 11.5 Å². The van der Waals surface area contributed by atoms with E-state index in [0.717, 1.165) is 5.56 Å². The Hall–Kier alpha value is -2.87. The lowest BCUT2D eigenvalue weighted by molar-refractivity contribution is 0.102. The van der Waals surface area contributed by atoms with Gasteiger partial charge < -0.3 is 9.73 Å². The largest absolute Gasteiger partial charge is 0.440 e. The Kier molecular flexibility index (Phi) is 4.38. The minimum absolute atomic E-state index is 0.184. The van der Waals surface area contributed by atoms with Gasteiger partial charge in [0.25, 0.3) is 5.91 Å². The maximum absolute atomic E-state index is 12.7.